The lowest BCUT2D eigenvalue weighted by Crippen LogP contribution is -2.40. The van der Waals surface area contributed by atoms with E-state index >= 15 is 0 Å². The minimum absolute atomic E-state index is 0.0190. The number of carbonyl (C=O) groups is 2. The van der Waals surface area contributed by atoms with E-state index in [2.05, 4.69) is 19.9 Å². The molecule has 0 aromatic heterocycles. The standard InChI is InChI=1S/C25H33ClO5/c1-14(12-13-25(5)15(2)9-11-19(27)17(25)4)8-10-18-22(30-6)20(24(28)29)16(3)21(26)23(18)31-7/h8,12-13,15,17H,9-11H2,1-7H3,(H,28,29)/b13-12+,14-8+. The predicted molar refractivity (Wildman–Crippen MR) is 124 cm³/mol. The smallest absolute Gasteiger partial charge is 0.339 e. The Bertz CT molecular complexity index is 931. The SMILES string of the molecule is COc1c(Cl)c(C)c(C(=O)O)c(OC)c1C/C=C(C)/C=C/C1(C)C(C)CCC(=O)C1C. The molecule has 0 amide bonds. The van der Waals surface area contributed by atoms with Gasteiger partial charge in [-0.15, -0.1) is 0 Å². The number of hydrogen-bond donors (Lipinski definition) is 1. The van der Waals surface area contributed by atoms with Crippen LogP contribution in [-0.2, 0) is 11.2 Å². The molecule has 3 atom stereocenters. The summed E-state index contributed by atoms with van der Waals surface area (Å²) >= 11 is 6.41. The molecule has 170 valence electrons. The normalized spacial score (nSPS) is 24.5. The Morgan fingerprint density at radius 1 is 1.26 bits per heavy atom. The van der Waals surface area contributed by atoms with Gasteiger partial charge in [0.25, 0.3) is 0 Å². The van der Waals surface area contributed by atoms with Gasteiger partial charge < -0.3 is 14.6 Å². The van der Waals surface area contributed by atoms with Crippen LogP contribution >= 0.6 is 11.6 Å². The zero-order valence-corrected chi connectivity index (χ0v) is 20.2. The number of ether oxygens (including phenoxy) is 2. The van der Waals surface area contributed by atoms with Crippen molar-refractivity contribution in [1.29, 1.82) is 0 Å². The first-order valence-electron chi connectivity index (χ1n) is 10.5. The Morgan fingerprint density at radius 2 is 1.87 bits per heavy atom. The minimum atomic E-state index is -1.10. The van der Waals surface area contributed by atoms with E-state index in [1.807, 2.05) is 26.0 Å². The highest BCUT2D eigenvalue weighted by Crippen LogP contribution is 2.45. The van der Waals surface area contributed by atoms with E-state index in [0.717, 1.165) is 12.0 Å². The third-order valence-corrected chi connectivity index (χ3v) is 7.39. The monoisotopic (exact) mass is 448 g/mol. The van der Waals surface area contributed by atoms with Gasteiger partial charge >= 0.3 is 5.97 Å². The third kappa shape index (κ3) is 4.82. The first-order chi connectivity index (χ1) is 14.5. The summed E-state index contributed by atoms with van der Waals surface area (Å²) in [6, 6.07) is 0. The van der Waals surface area contributed by atoms with Crippen molar-refractivity contribution in [2.45, 2.75) is 53.9 Å². The summed E-state index contributed by atoms with van der Waals surface area (Å²) in [5, 5.41) is 9.93. The van der Waals surface area contributed by atoms with Crippen LogP contribution in [0.5, 0.6) is 11.5 Å². The minimum Gasteiger partial charge on any atom is -0.495 e. The number of halogens is 1. The molecule has 0 bridgehead atoms. The lowest BCUT2D eigenvalue weighted by molar-refractivity contribution is -0.129. The molecule has 1 aromatic rings. The molecule has 0 heterocycles. The maximum absolute atomic E-state index is 12.3. The molecule has 5 nitrogen and oxygen atoms in total. The fourth-order valence-corrected chi connectivity index (χ4v) is 4.61. The summed E-state index contributed by atoms with van der Waals surface area (Å²) < 4.78 is 10.9. The molecule has 31 heavy (non-hydrogen) atoms. The van der Waals surface area contributed by atoms with Crippen LogP contribution in [0.4, 0.5) is 0 Å². The molecule has 1 fully saturated rings. The molecule has 1 saturated carbocycles. The van der Waals surface area contributed by atoms with E-state index in [0.29, 0.717) is 41.4 Å². The van der Waals surface area contributed by atoms with Crippen molar-refractivity contribution in [2.24, 2.45) is 17.3 Å². The van der Waals surface area contributed by atoms with E-state index in [9.17, 15) is 14.7 Å². The Hall–Kier alpha value is -2.27. The number of ketones is 1. The number of carbonyl (C=O) groups excluding carboxylic acids is 1. The highest BCUT2D eigenvalue weighted by Gasteiger charge is 2.41. The molecule has 6 heteroatoms. The number of rotatable bonds is 7. The van der Waals surface area contributed by atoms with Gasteiger partial charge in [0.15, 0.2) is 0 Å². The number of allylic oxidation sites excluding steroid dienone is 4. The number of carboxylic acid groups (broad SMARTS) is 1. The second kappa shape index (κ2) is 9.90. The van der Waals surface area contributed by atoms with Gasteiger partial charge in [0, 0.05) is 17.9 Å². The van der Waals surface area contributed by atoms with Crippen LogP contribution in [0.1, 0.15) is 62.0 Å². The average molecular weight is 449 g/mol. The van der Waals surface area contributed by atoms with Crippen molar-refractivity contribution in [3.63, 3.8) is 0 Å². The zero-order valence-electron chi connectivity index (χ0n) is 19.5. The van der Waals surface area contributed by atoms with Gasteiger partial charge in [0.1, 0.15) is 22.8 Å². The molecule has 1 aromatic carbocycles. The molecule has 0 aliphatic heterocycles. The van der Waals surface area contributed by atoms with Gasteiger partial charge in [-0.25, -0.2) is 4.79 Å². The number of methoxy groups -OCH3 is 2. The topological polar surface area (TPSA) is 72.8 Å². The van der Waals surface area contributed by atoms with E-state index < -0.39 is 5.97 Å². The molecule has 1 N–H and O–H groups in total. The van der Waals surface area contributed by atoms with Crippen molar-refractivity contribution in [2.75, 3.05) is 14.2 Å². The van der Waals surface area contributed by atoms with Crippen LogP contribution in [0, 0.1) is 24.2 Å². The summed E-state index contributed by atoms with van der Waals surface area (Å²) in [6.45, 7) is 9.97. The van der Waals surface area contributed by atoms with Crippen molar-refractivity contribution < 1.29 is 24.2 Å². The highest BCUT2D eigenvalue weighted by molar-refractivity contribution is 6.33. The summed E-state index contributed by atoms with van der Waals surface area (Å²) in [5.41, 5.74) is 1.84. The molecule has 2 rings (SSSR count). The maximum atomic E-state index is 12.3. The van der Waals surface area contributed by atoms with Crippen LogP contribution in [0.3, 0.4) is 0 Å². The first-order valence-corrected chi connectivity index (χ1v) is 10.9. The second-order valence-electron chi connectivity index (χ2n) is 8.64. The average Bonchev–Trinajstić information content (AvgIpc) is 2.73. The Kier molecular flexibility index (Phi) is 7.98. The van der Waals surface area contributed by atoms with Crippen LogP contribution in [0.15, 0.2) is 23.8 Å². The Balaban J connectivity index is 2.41. The van der Waals surface area contributed by atoms with E-state index in [-0.39, 0.29) is 27.7 Å². The maximum Gasteiger partial charge on any atom is 0.339 e. The lowest BCUT2D eigenvalue weighted by atomic mass is 9.61. The number of benzene rings is 1. The van der Waals surface area contributed by atoms with Crippen molar-refractivity contribution in [1.82, 2.24) is 0 Å². The van der Waals surface area contributed by atoms with Gasteiger partial charge in [-0.2, -0.15) is 0 Å². The molecule has 0 saturated heterocycles. The lowest BCUT2D eigenvalue weighted by Gasteiger charge is -2.42. The van der Waals surface area contributed by atoms with E-state index in [1.54, 1.807) is 6.92 Å². The molecule has 1 aliphatic rings. The predicted octanol–water partition coefficient (Wildman–Crippen LogP) is 6.05. The van der Waals surface area contributed by atoms with Crippen LogP contribution < -0.4 is 9.47 Å². The van der Waals surface area contributed by atoms with Gasteiger partial charge in [0.05, 0.1) is 19.2 Å². The molecule has 1 aliphatic carbocycles. The number of aromatic carboxylic acids is 1. The highest BCUT2D eigenvalue weighted by atomic mass is 35.5. The largest absolute Gasteiger partial charge is 0.495 e. The Labute approximate surface area is 190 Å². The quantitative estimate of drug-likeness (QED) is 0.514. The van der Waals surface area contributed by atoms with E-state index in [4.69, 9.17) is 21.1 Å². The fraction of sp³-hybridized carbons (Fsp3) is 0.520. The van der Waals surface area contributed by atoms with Crippen molar-refractivity contribution in [3.05, 3.63) is 45.5 Å². The Morgan fingerprint density at radius 3 is 2.42 bits per heavy atom. The number of hydrogen-bond acceptors (Lipinski definition) is 4. The van der Waals surface area contributed by atoms with E-state index in [1.165, 1.54) is 14.2 Å². The fourth-order valence-electron chi connectivity index (χ4n) is 4.33. The summed E-state index contributed by atoms with van der Waals surface area (Å²) in [6.07, 6.45) is 8.12. The second-order valence-corrected chi connectivity index (χ2v) is 9.02. The third-order valence-electron chi connectivity index (χ3n) is 6.94. The summed E-state index contributed by atoms with van der Waals surface area (Å²) in [5.74, 6) is 0.288. The molecule has 3 unspecified atom stereocenters. The first kappa shape index (κ1) is 25.0. The van der Waals surface area contributed by atoms with Crippen molar-refractivity contribution >= 4 is 23.4 Å². The van der Waals surface area contributed by atoms with Crippen LogP contribution in [0.2, 0.25) is 5.02 Å². The van der Waals surface area contributed by atoms with Crippen molar-refractivity contribution in [3.8, 4) is 11.5 Å². The van der Waals surface area contributed by atoms with Crippen LogP contribution in [-0.4, -0.2) is 31.1 Å². The summed E-state index contributed by atoms with van der Waals surface area (Å²) in [4.78, 5) is 24.1. The number of carboxylic acids is 1. The summed E-state index contributed by atoms with van der Waals surface area (Å²) in [7, 11) is 2.95. The molecule has 0 spiro atoms. The molecular weight excluding hydrogens is 416 g/mol. The zero-order chi connectivity index (χ0) is 23.5. The molecule has 0 radical (unpaired) electrons. The van der Waals surface area contributed by atoms with Gasteiger partial charge in [-0.05, 0) is 43.6 Å². The molecular formula is C25H33ClO5. The van der Waals surface area contributed by atoms with Gasteiger partial charge in [-0.3, -0.25) is 4.79 Å². The van der Waals surface area contributed by atoms with Gasteiger partial charge in [0.2, 0.25) is 0 Å². The van der Waals surface area contributed by atoms with Gasteiger partial charge in [-0.1, -0.05) is 56.2 Å². The number of Topliss-reactive ketones (excluding diaryl/α,β-unsaturated/α-hetero) is 1. The van der Waals surface area contributed by atoms with Crippen LogP contribution in [0.25, 0.3) is 0 Å².